The number of nitrogens with zero attached hydrogens (tertiary/aromatic N) is 2. The molecule has 0 spiro atoms. The first-order valence-corrected chi connectivity index (χ1v) is 9.41. The molecule has 0 aliphatic rings. The zero-order chi connectivity index (χ0) is 17.6. The molecular formula is C18H24N2O3S. The minimum absolute atomic E-state index is 0.275. The molecule has 1 aromatic carbocycles. The smallest absolute Gasteiger partial charge is 0.242 e. The molecule has 2 aromatic rings. The second-order valence-corrected chi connectivity index (χ2v) is 8.15. The van der Waals surface area contributed by atoms with E-state index in [4.69, 9.17) is 4.74 Å². The molecule has 0 bridgehead atoms. The van der Waals surface area contributed by atoms with Gasteiger partial charge in [-0.05, 0) is 54.3 Å². The largest absolute Gasteiger partial charge is 0.493 e. The van der Waals surface area contributed by atoms with Gasteiger partial charge in [-0.2, -0.15) is 0 Å². The molecular weight excluding hydrogens is 324 g/mol. The van der Waals surface area contributed by atoms with Crippen molar-refractivity contribution in [2.24, 2.45) is 5.92 Å². The van der Waals surface area contributed by atoms with Crippen molar-refractivity contribution >= 4 is 10.0 Å². The zero-order valence-electron chi connectivity index (χ0n) is 14.3. The van der Waals surface area contributed by atoms with E-state index in [-0.39, 0.29) is 4.90 Å². The molecule has 6 heteroatoms. The van der Waals surface area contributed by atoms with E-state index in [1.807, 2.05) is 12.1 Å². The summed E-state index contributed by atoms with van der Waals surface area (Å²) in [5, 5.41) is 0. The molecule has 0 fully saturated rings. The predicted molar refractivity (Wildman–Crippen MR) is 94.5 cm³/mol. The van der Waals surface area contributed by atoms with Crippen LogP contribution in [0.15, 0.2) is 53.7 Å². The van der Waals surface area contributed by atoms with Gasteiger partial charge in [-0.15, -0.1) is 0 Å². The fourth-order valence-electron chi connectivity index (χ4n) is 2.11. The first-order chi connectivity index (χ1) is 11.4. The lowest BCUT2D eigenvalue weighted by Crippen LogP contribution is -2.29. The lowest BCUT2D eigenvalue weighted by Gasteiger charge is -2.17. The summed E-state index contributed by atoms with van der Waals surface area (Å²) in [6.07, 6.45) is 4.06. The van der Waals surface area contributed by atoms with Crippen LogP contribution in [-0.2, 0) is 16.4 Å². The monoisotopic (exact) mass is 348 g/mol. The van der Waals surface area contributed by atoms with Gasteiger partial charge in [-0.25, -0.2) is 12.7 Å². The molecule has 0 saturated carbocycles. The Kier molecular flexibility index (Phi) is 6.34. The molecule has 1 heterocycles. The maximum Gasteiger partial charge on any atom is 0.242 e. The Labute approximate surface area is 144 Å². The van der Waals surface area contributed by atoms with Crippen LogP contribution in [0.4, 0.5) is 0 Å². The third-order valence-corrected chi connectivity index (χ3v) is 5.45. The van der Waals surface area contributed by atoms with Gasteiger partial charge in [0.2, 0.25) is 10.0 Å². The second kappa shape index (κ2) is 8.26. The summed E-state index contributed by atoms with van der Waals surface area (Å²) in [5.41, 5.74) is 1.06. The Morgan fingerprint density at radius 1 is 1.08 bits per heavy atom. The minimum Gasteiger partial charge on any atom is -0.493 e. The van der Waals surface area contributed by atoms with Crippen LogP contribution < -0.4 is 4.74 Å². The highest BCUT2D eigenvalue weighted by molar-refractivity contribution is 7.89. The van der Waals surface area contributed by atoms with E-state index in [2.05, 4.69) is 18.8 Å². The zero-order valence-corrected chi connectivity index (χ0v) is 15.2. The number of likely N-dealkylation sites (N-methyl/N-ethyl adjacent to an activating group) is 1. The Bertz CT molecular complexity index is 729. The molecule has 1 aromatic heterocycles. The van der Waals surface area contributed by atoms with Gasteiger partial charge in [0.05, 0.1) is 11.5 Å². The van der Waals surface area contributed by atoms with Gasteiger partial charge < -0.3 is 4.74 Å². The van der Waals surface area contributed by atoms with Crippen molar-refractivity contribution in [2.75, 3.05) is 20.2 Å². The van der Waals surface area contributed by atoms with E-state index in [0.717, 1.165) is 5.56 Å². The third-order valence-electron chi connectivity index (χ3n) is 3.58. The second-order valence-electron chi connectivity index (χ2n) is 6.11. The van der Waals surface area contributed by atoms with E-state index in [1.54, 1.807) is 43.7 Å². The van der Waals surface area contributed by atoms with E-state index >= 15 is 0 Å². The van der Waals surface area contributed by atoms with Crippen molar-refractivity contribution in [3.8, 4) is 5.75 Å². The maximum atomic E-state index is 12.6. The number of aromatic nitrogens is 1. The van der Waals surface area contributed by atoms with Gasteiger partial charge in [0.25, 0.3) is 0 Å². The number of hydrogen-bond acceptors (Lipinski definition) is 4. The van der Waals surface area contributed by atoms with E-state index in [9.17, 15) is 8.42 Å². The number of pyridine rings is 1. The topological polar surface area (TPSA) is 59.5 Å². The van der Waals surface area contributed by atoms with Crippen LogP contribution in [0.3, 0.4) is 0 Å². The molecule has 5 nitrogen and oxygen atoms in total. The molecule has 0 amide bonds. The molecule has 130 valence electrons. The van der Waals surface area contributed by atoms with Gasteiger partial charge in [-0.3, -0.25) is 4.98 Å². The highest BCUT2D eigenvalue weighted by Crippen LogP contribution is 2.19. The molecule has 0 saturated heterocycles. The molecule has 0 N–H and O–H groups in total. The molecule has 2 rings (SSSR count). The minimum atomic E-state index is -3.50. The SMILES string of the molecule is CC(C)COc1ccc(S(=O)(=O)N(C)CCc2ccncc2)cc1. The predicted octanol–water partition coefficient (Wildman–Crippen LogP) is 2.98. The lowest BCUT2D eigenvalue weighted by molar-refractivity contribution is 0.271. The quantitative estimate of drug-likeness (QED) is 0.736. The molecule has 0 aliphatic heterocycles. The summed E-state index contributed by atoms with van der Waals surface area (Å²) < 4.78 is 32.2. The van der Waals surface area contributed by atoms with Crippen LogP contribution >= 0.6 is 0 Å². The normalized spacial score (nSPS) is 11.9. The first kappa shape index (κ1) is 18.4. The number of rotatable bonds is 8. The summed E-state index contributed by atoms with van der Waals surface area (Å²) in [6, 6.07) is 10.4. The average molecular weight is 348 g/mol. The Morgan fingerprint density at radius 2 is 1.71 bits per heavy atom. The standard InChI is InChI=1S/C18H24N2O3S/c1-15(2)14-23-17-4-6-18(7-5-17)24(21,22)20(3)13-10-16-8-11-19-12-9-16/h4-9,11-12,15H,10,13-14H2,1-3H3. The van der Waals surface area contributed by atoms with Crippen LogP contribution in [0.1, 0.15) is 19.4 Å². The number of hydrogen-bond donors (Lipinski definition) is 0. The summed E-state index contributed by atoms with van der Waals surface area (Å²) in [6.45, 7) is 5.16. The molecule has 0 radical (unpaired) electrons. The van der Waals surface area contributed by atoms with Crippen molar-refractivity contribution in [2.45, 2.75) is 25.2 Å². The van der Waals surface area contributed by atoms with Crippen LogP contribution in [-0.4, -0.2) is 37.9 Å². The van der Waals surface area contributed by atoms with Crippen LogP contribution in [0, 0.1) is 5.92 Å². The van der Waals surface area contributed by atoms with Gasteiger partial charge in [0.15, 0.2) is 0 Å². The van der Waals surface area contributed by atoms with Crippen molar-refractivity contribution < 1.29 is 13.2 Å². The van der Waals surface area contributed by atoms with Gasteiger partial charge >= 0.3 is 0 Å². The Hall–Kier alpha value is -1.92. The highest BCUT2D eigenvalue weighted by atomic mass is 32.2. The summed E-state index contributed by atoms with van der Waals surface area (Å²) >= 11 is 0. The first-order valence-electron chi connectivity index (χ1n) is 7.97. The summed E-state index contributed by atoms with van der Waals surface area (Å²) in [5.74, 6) is 1.11. The number of sulfonamides is 1. The average Bonchev–Trinajstić information content (AvgIpc) is 2.59. The number of benzene rings is 1. The van der Waals surface area contributed by atoms with E-state index in [1.165, 1.54) is 4.31 Å². The highest BCUT2D eigenvalue weighted by Gasteiger charge is 2.20. The maximum absolute atomic E-state index is 12.6. The lowest BCUT2D eigenvalue weighted by atomic mass is 10.2. The molecule has 0 aliphatic carbocycles. The molecule has 0 unspecified atom stereocenters. The van der Waals surface area contributed by atoms with Crippen molar-refractivity contribution in [1.82, 2.24) is 9.29 Å². The molecule has 24 heavy (non-hydrogen) atoms. The summed E-state index contributed by atoms with van der Waals surface area (Å²) in [7, 11) is -1.90. The van der Waals surface area contributed by atoms with Gasteiger partial charge in [0, 0.05) is 26.0 Å². The van der Waals surface area contributed by atoms with Crippen molar-refractivity contribution in [3.05, 3.63) is 54.4 Å². The van der Waals surface area contributed by atoms with Crippen LogP contribution in [0.2, 0.25) is 0 Å². The van der Waals surface area contributed by atoms with Crippen LogP contribution in [0.25, 0.3) is 0 Å². The van der Waals surface area contributed by atoms with Gasteiger partial charge in [-0.1, -0.05) is 13.8 Å². The van der Waals surface area contributed by atoms with Crippen LogP contribution in [0.5, 0.6) is 5.75 Å². The van der Waals surface area contributed by atoms with Crippen molar-refractivity contribution in [3.63, 3.8) is 0 Å². The summed E-state index contributed by atoms with van der Waals surface area (Å²) in [4.78, 5) is 4.23. The fourth-order valence-corrected chi connectivity index (χ4v) is 3.28. The van der Waals surface area contributed by atoms with Crippen molar-refractivity contribution in [1.29, 1.82) is 0 Å². The van der Waals surface area contributed by atoms with E-state index in [0.29, 0.717) is 31.2 Å². The molecule has 0 atom stereocenters. The van der Waals surface area contributed by atoms with Gasteiger partial charge in [0.1, 0.15) is 5.75 Å². The van der Waals surface area contributed by atoms with E-state index < -0.39 is 10.0 Å². The third kappa shape index (κ3) is 5.04. The number of ether oxygens (including phenoxy) is 1. The Balaban J connectivity index is 2.00. The fraction of sp³-hybridized carbons (Fsp3) is 0.389. The Morgan fingerprint density at radius 3 is 2.29 bits per heavy atom.